The van der Waals surface area contributed by atoms with Gasteiger partial charge in [-0.2, -0.15) is 0 Å². The van der Waals surface area contributed by atoms with E-state index in [0.29, 0.717) is 6.42 Å². The number of hydrogen-bond donors (Lipinski definition) is 1. The van der Waals surface area contributed by atoms with E-state index in [0.717, 1.165) is 0 Å². The van der Waals surface area contributed by atoms with Gasteiger partial charge >= 0.3 is 5.97 Å². The monoisotopic (exact) mass is 145 g/mol. The second-order valence-corrected chi connectivity index (χ2v) is 1.91. The third kappa shape index (κ3) is 3.06. The van der Waals surface area contributed by atoms with Crippen LogP contribution in [0.25, 0.3) is 0 Å². The lowest BCUT2D eigenvalue weighted by Crippen LogP contribution is -2.31. The third-order valence-corrected chi connectivity index (χ3v) is 0.996. The fraction of sp³-hybridized carbons (Fsp3) is 0.667. The van der Waals surface area contributed by atoms with Gasteiger partial charge in [0, 0.05) is 6.92 Å². The van der Waals surface area contributed by atoms with Crippen molar-refractivity contribution in [2.75, 3.05) is 0 Å². The number of rotatable bonds is 3. The topological polar surface area (TPSA) is 69.4 Å². The van der Waals surface area contributed by atoms with Gasteiger partial charge < -0.3 is 10.5 Å². The normalized spacial score (nSPS) is 12.2. The molecule has 1 amide bonds. The van der Waals surface area contributed by atoms with E-state index in [4.69, 9.17) is 5.73 Å². The Morgan fingerprint density at radius 2 is 2.10 bits per heavy atom. The molecular weight excluding hydrogens is 134 g/mol. The van der Waals surface area contributed by atoms with Crippen LogP contribution in [0.1, 0.15) is 20.3 Å². The van der Waals surface area contributed by atoms with Gasteiger partial charge in [0.05, 0.1) is 0 Å². The molecule has 0 saturated heterocycles. The van der Waals surface area contributed by atoms with Crippen molar-refractivity contribution in [3.05, 3.63) is 0 Å². The Hall–Kier alpha value is -1.06. The molecule has 0 saturated carbocycles. The van der Waals surface area contributed by atoms with E-state index in [9.17, 15) is 9.59 Å². The molecule has 10 heavy (non-hydrogen) atoms. The number of carbonyl (C=O) groups excluding carboxylic acids is 2. The number of amides is 1. The summed E-state index contributed by atoms with van der Waals surface area (Å²) in [6, 6.07) is 0. The fourth-order valence-corrected chi connectivity index (χ4v) is 0.543. The summed E-state index contributed by atoms with van der Waals surface area (Å²) < 4.78 is 4.55. The summed E-state index contributed by atoms with van der Waals surface area (Å²) in [4.78, 5) is 20.7. The molecule has 0 bridgehead atoms. The minimum Gasteiger partial charge on any atom is -0.452 e. The summed E-state index contributed by atoms with van der Waals surface area (Å²) in [5, 5.41) is 0. The molecule has 0 aromatic heterocycles. The summed E-state index contributed by atoms with van der Waals surface area (Å²) in [5.41, 5.74) is 4.88. The lowest BCUT2D eigenvalue weighted by molar-refractivity contribution is -0.152. The van der Waals surface area contributed by atoms with Crippen LogP contribution in [0.3, 0.4) is 0 Å². The Kier molecular flexibility index (Phi) is 3.46. The highest BCUT2D eigenvalue weighted by molar-refractivity contribution is 5.81. The van der Waals surface area contributed by atoms with Crippen LogP contribution in [-0.2, 0) is 14.3 Å². The van der Waals surface area contributed by atoms with Gasteiger partial charge in [0.1, 0.15) is 0 Å². The molecular formula is C6H11NO3. The molecule has 1 atom stereocenters. The minimum atomic E-state index is -0.766. The standard InChI is InChI=1S/C6H11NO3/c1-3-5(6(7)9)10-4(2)8/h5H,3H2,1-2H3,(H2,7,9)/t5-/m0/s1. The van der Waals surface area contributed by atoms with Crippen LogP contribution in [0.5, 0.6) is 0 Å². The first-order valence-electron chi connectivity index (χ1n) is 3.04. The summed E-state index contributed by atoms with van der Waals surface area (Å²) in [6.45, 7) is 2.96. The maximum Gasteiger partial charge on any atom is 0.303 e. The SMILES string of the molecule is CC[C@H](OC(C)=O)C(N)=O. The number of hydrogen-bond acceptors (Lipinski definition) is 3. The molecule has 0 heterocycles. The molecule has 2 N–H and O–H groups in total. The van der Waals surface area contributed by atoms with Crippen LogP contribution in [0.2, 0.25) is 0 Å². The minimum absolute atomic E-state index is 0.426. The predicted molar refractivity (Wildman–Crippen MR) is 35.0 cm³/mol. The first-order valence-corrected chi connectivity index (χ1v) is 3.04. The van der Waals surface area contributed by atoms with Crippen LogP contribution >= 0.6 is 0 Å². The highest BCUT2D eigenvalue weighted by Gasteiger charge is 2.14. The van der Waals surface area contributed by atoms with E-state index in [1.165, 1.54) is 6.92 Å². The van der Waals surface area contributed by atoms with Crippen LogP contribution in [0, 0.1) is 0 Å². The van der Waals surface area contributed by atoms with Gasteiger partial charge in [0.15, 0.2) is 6.10 Å². The van der Waals surface area contributed by atoms with Gasteiger partial charge in [0.25, 0.3) is 5.91 Å². The molecule has 0 aliphatic rings. The van der Waals surface area contributed by atoms with Gasteiger partial charge in [-0.05, 0) is 6.42 Å². The highest BCUT2D eigenvalue weighted by atomic mass is 16.5. The van der Waals surface area contributed by atoms with Crippen molar-refractivity contribution in [2.24, 2.45) is 5.73 Å². The lowest BCUT2D eigenvalue weighted by Gasteiger charge is -2.09. The Morgan fingerprint density at radius 1 is 1.60 bits per heavy atom. The van der Waals surface area contributed by atoms with Crippen molar-refractivity contribution in [1.82, 2.24) is 0 Å². The van der Waals surface area contributed by atoms with Gasteiger partial charge in [-0.3, -0.25) is 9.59 Å². The molecule has 0 aromatic carbocycles. The van der Waals surface area contributed by atoms with E-state index in [-0.39, 0.29) is 0 Å². The van der Waals surface area contributed by atoms with Gasteiger partial charge in [-0.15, -0.1) is 0 Å². The summed E-state index contributed by atoms with van der Waals surface area (Å²) in [5.74, 6) is -1.08. The molecule has 0 unspecified atom stereocenters. The zero-order valence-electron chi connectivity index (χ0n) is 6.09. The summed E-state index contributed by atoms with van der Waals surface area (Å²) in [6.07, 6.45) is -0.341. The maximum atomic E-state index is 10.4. The van der Waals surface area contributed by atoms with Gasteiger partial charge in [-0.1, -0.05) is 6.92 Å². The molecule has 0 rings (SSSR count). The van der Waals surface area contributed by atoms with Crippen LogP contribution < -0.4 is 5.73 Å². The Bertz CT molecular complexity index is 144. The van der Waals surface area contributed by atoms with Gasteiger partial charge in [-0.25, -0.2) is 0 Å². The number of ether oxygens (including phenoxy) is 1. The second kappa shape index (κ2) is 3.87. The number of nitrogens with two attached hydrogens (primary N) is 1. The Balaban J connectivity index is 3.83. The average molecular weight is 145 g/mol. The lowest BCUT2D eigenvalue weighted by atomic mass is 10.3. The number of primary amides is 1. The zero-order chi connectivity index (χ0) is 8.15. The number of esters is 1. The van der Waals surface area contributed by atoms with E-state index >= 15 is 0 Å². The van der Waals surface area contributed by atoms with Gasteiger partial charge in [0.2, 0.25) is 0 Å². The van der Waals surface area contributed by atoms with E-state index in [2.05, 4.69) is 4.74 Å². The molecule has 0 fully saturated rings. The molecule has 0 aliphatic heterocycles. The van der Waals surface area contributed by atoms with Crippen molar-refractivity contribution in [2.45, 2.75) is 26.4 Å². The number of carbonyl (C=O) groups is 2. The molecule has 0 spiro atoms. The van der Waals surface area contributed by atoms with Crippen LogP contribution in [-0.4, -0.2) is 18.0 Å². The second-order valence-electron chi connectivity index (χ2n) is 1.91. The third-order valence-electron chi connectivity index (χ3n) is 0.996. The van der Waals surface area contributed by atoms with E-state index in [1.54, 1.807) is 6.92 Å². The predicted octanol–water partition coefficient (Wildman–Crippen LogP) is -0.187. The molecule has 0 radical (unpaired) electrons. The summed E-state index contributed by atoms with van der Waals surface area (Å²) >= 11 is 0. The Morgan fingerprint density at radius 3 is 2.20 bits per heavy atom. The molecule has 0 aromatic rings. The molecule has 0 aliphatic carbocycles. The maximum absolute atomic E-state index is 10.4. The van der Waals surface area contributed by atoms with Crippen molar-refractivity contribution < 1.29 is 14.3 Å². The summed E-state index contributed by atoms with van der Waals surface area (Å²) in [7, 11) is 0. The molecule has 4 nitrogen and oxygen atoms in total. The molecule has 4 heteroatoms. The molecule has 58 valence electrons. The van der Waals surface area contributed by atoms with E-state index < -0.39 is 18.0 Å². The first kappa shape index (κ1) is 8.94. The largest absolute Gasteiger partial charge is 0.452 e. The average Bonchev–Trinajstić information content (AvgIpc) is 1.81. The highest BCUT2D eigenvalue weighted by Crippen LogP contribution is 1.96. The smallest absolute Gasteiger partial charge is 0.303 e. The van der Waals surface area contributed by atoms with Crippen LogP contribution in [0.15, 0.2) is 0 Å². The fourth-order valence-electron chi connectivity index (χ4n) is 0.543. The van der Waals surface area contributed by atoms with Crippen molar-refractivity contribution in [3.63, 3.8) is 0 Å². The van der Waals surface area contributed by atoms with Crippen molar-refractivity contribution in [3.8, 4) is 0 Å². The quantitative estimate of drug-likeness (QED) is 0.560. The van der Waals surface area contributed by atoms with Crippen molar-refractivity contribution in [1.29, 1.82) is 0 Å². The van der Waals surface area contributed by atoms with E-state index in [1.807, 2.05) is 0 Å². The van der Waals surface area contributed by atoms with Crippen molar-refractivity contribution >= 4 is 11.9 Å². The Labute approximate surface area is 59.3 Å². The first-order chi connectivity index (χ1) is 4.57. The zero-order valence-corrected chi connectivity index (χ0v) is 6.09. The van der Waals surface area contributed by atoms with Crippen LogP contribution in [0.4, 0.5) is 0 Å².